The van der Waals surface area contributed by atoms with Crippen molar-refractivity contribution >= 4 is 5.78 Å². The lowest BCUT2D eigenvalue weighted by atomic mass is 9.99. The molecule has 16 heavy (non-hydrogen) atoms. The maximum atomic E-state index is 11.2. The largest absolute Gasteiger partial charge is 0.300 e. The summed E-state index contributed by atoms with van der Waals surface area (Å²) in [4.78, 5) is 13.7. The summed E-state index contributed by atoms with van der Waals surface area (Å²) in [7, 11) is 0. The van der Waals surface area contributed by atoms with Gasteiger partial charge in [0, 0.05) is 32.0 Å². The SMILES string of the molecule is CCC(c1ccccc1)N1CCC(=O)CC1. The first-order chi connectivity index (χ1) is 7.81. The summed E-state index contributed by atoms with van der Waals surface area (Å²) in [5, 5.41) is 0. The van der Waals surface area contributed by atoms with Gasteiger partial charge in [0.05, 0.1) is 0 Å². The van der Waals surface area contributed by atoms with Crippen LogP contribution in [0.2, 0.25) is 0 Å². The van der Waals surface area contributed by atoms with Crippen LogP contribution < -0.4 is 0 Å². The number of rotatable bonds is 3. The van der Waals surface area contributed by atoms with Gasteiger partial charge >= 0.3 is 0 Å². The Labute approximate surface area is 97.3 Å². The van der Waals surface area contributed by atoms with E-state index in [2.05, 4.69) is 42.2 Å². The molecule has 1 fully saturated rings. The fourth-order valence-corrected chi connectivity index (χ4v) is 2.46. The Balaban J connectivity index is 2.08. The molecule has 1 aromatic carbocycles. The van der Waals surface area contributed by atoms with Crippen LogP contribution in [0.4, 0.5) is 0 Å². The third kappa shape index (κ3) is 2.50. The summed E-state index contributed by atoms with van der Waals surface area (Å²) in [5.41, 5.74) is 1.37. The third-order valence-electron chi connectivity index (χ3n) is 3.37. The Morgan fingerprint density at radius 2 is 1.81 bits per heavy atom. The van der Waals surface area contributed by atoms with Crippen LogP contribution in [0.1, 0.15) is 37.8 Å². The van der Waals surface area contributed by atoms with Gasteiger partial charge in [-0.1, -0.05) is 37.3 Å². The summed E-state index contributed by atoms with van der Waals surface area (Å²) in [6.07, 6.45) is 2.56. The minimum atomic E-state index is 0.416. The third-order valence-corrected chi connectivity index (χ3v) is 3.37. The highest BCUT2D eigenvalue weighted by Gasteiger charge is 2.23. The number of hydrogen-bond donors (Lipinski definition) is 0. The van der Waals surface area contributed by atoms with Gasteiger partial charge in [-0.05, 0) is 12.0 Å². The number of nitrogens with zero attached hydrogens (tertiary/aromatic N) is 1. The van der Waals surface area contributed by atoms with E-state index < -0.39 is 0 Å². The van der Waals surface area contributed by atoms with Crippen LogP contribution in [0, 0.1) is 0 Å². The number of Topliss-reactive ketones (excluding diaryl/α,β-unsaturated/α-hetero) is 1. The molecule has 1 saturated heterocycles. The highest BCUT2D eigenvalue weighted by atomic mass is 16.1. The van der Waals surface area contributed by atoms with E-state index in [1.165, 1.54) is 5.56 Å². The lowest BCUT2D eigenvalue weighted by Crippen LogP contribution is -2.36. The van der Waals surface area contributed by atoms with Gasteiger partial charge in [-0.25, -0.2) is 0 Å². The van der Waals surface area contributed by atoms with Crippen LogP contribution in [-0.2, 0) is 4.79 Å². The number of ketones is 1. The van der Waals surface area contributed by atoms with E-state index in [0.29, 0.717) is 11.8 Å². The average Bonchev–Trinajstić information content (AvgIpc) is 2.34. The molecule has 0 bridgehead atoms. The molecule has 1 unspecified atom stereocenters. The van der Waals surface area contributed by atoms with Crippen molar-refractivity contribution in [1.29, 1.82) is 0 Å². The first kappa shape index (κ1) is 11.3. The average molecular weight is 217 g/mol. The molecule has 1 atom stereocenters. The number of carbonyl (C=O) groups is 1. The molecule has 1 aliphatic heterocycles. The Morgan fingerprint density at radius 1 is 1.19 bits per heavy atom. The van der Waals surface area contributed by atoms with Gasteiger partial charge in [0.1, 0.15) is 5.78 Å². The zero-order valence-corrected chi connectivity index (χ0v) is 9.86. The Hall–Kier alpha value is -1.15. The standard InChI is InChI=1S/C14H19NO/c1-2-14(12-6-4-3-5-7-12)15-10-8-13(16)9-11-15/h3-7,14H,2,8-11H2,1H3. The summed E-state index contributed by atoms with van der Waals surface area (Å²) < 4.78 is 0. The molecule has 0 radical (unpaired) electrons. The molecule has 0 spiro atoms. The van der Waals surface area contributed by atoms with Crippen LogP contribution in [0.3, 0.4) is 0 Å². The summed E-state index contributed by atoms with van der Waals surface area (Å²) in [5.74, 6) is 0.416. The van der Waals surface area contributed by atoms with E-state index >= 15 is 0 Å². The van der Waals surface area contributed by atoms with Crippen LogP contribution in [-0.4, -0.2) is 23.8 Å². The van der Waals surface area contributed by atoms with Crippen molar-refractivity contribution in [2.75, 3.05) is 13.1 Å². The van der Waals surface area contributed by atoms with Crippen molar-refractivity contribution in [2.45, 2.75) is 32.2 Å². The fourth-order valence-electron chi connectivity index (χ4n) is 2.46. The second-order valence-electron chi connectivity index (χ2n) is 4.41. The molecule has 2 rings (SSSR count). The van der Waals surface area contributed by atoms with E-state index in [1.54, 1.807) is 0 Å². The fraction of sp³-hybridized carbons (Fsp3) is 0.500. The normalized spacial score (nSPS) is 19.7. The molecule has 86 valence electrons. The molecule has 0 N–H and O–H groups in total. The topological polar surface area (TPSA) is 20.3 Å². The van der Waals surface area contributed by atoms with Crippen LogP contribution in [0.25, 0.3) is 0 Å². The quantitative estimate of drug-likeness (QED) is 0.776. The van der Waals surface area contributed by atoms with Gasteiger partial charge in [0.15, 0.2) is 0 Å². The molecule has 0 aromatic heterocycles. The molecular weight excluding hydrogens is 198 g/mol. The Kier molecular flexibility index (Phi) is 3.73. The predicted molar refractivity (Wildman–Crippen MR) is 65.3 cm³/mol. The number of hydrogen-bond acceptors (Lipinski definition) is 2. The zero-order chi connectivity index (χ0) is 11.4. The smallest absolute Gasteiger partial charge is 0.135 e. The van der Waals surface area contributed by atoms with Gasteiger partial charge in [0.2, 0.25) is 0 Å². The minimum absolute atomic E-state index is 0.416. The Bertz CT molecular complexity index is 337. The predicted octanol–water partition coefficient (Wildman–Crippen LogP) is 2.80. The number of carbonyl (C=O) groups excluding carboxylic acids is 1. The summed E-state index contributed by atoms with van der Waals surface area (Å²) >= 11 is 0. The molecule has 0 aliphatic carbocycles. The molecule has 1 aliphatic rings. The van der Waals surface area contributed by atoms with Crippen LogP contribution >= 0.6 is 0 Å². The number of likely N-dealkylation sites (tertiary alicyclic amines) is 1. The maximum Gasteiger partial charge on any atom is 0.135 e. The van der Waals surface area contributed by atoms with Crippen LogP contribution in [0.5, 0.6) is 0 Å². The van der Waals surface area contributed by atoms with Crippen LogP contribution in [0.15, 0.2) is 30.3 Å². The number of benzene rings is 1. The summed E-state index contributed by atoms with van der Waals surface area (Å²) in [6, 6.07) is 11.1. The molecule has 0 saturated carbocycles. The van der Waals surface area contributed by atoms with E-state index in [9.17, 15) is 4.79 Å². The second-order valence-corrected chi connectivity index (χ2v) is 4.41. The van der Waals surface area contributed by atoms with E-state index in [0.717, 1.165) is 32.4 Å². The number of piperidine rings is 1. The van der Waals surface area contributed by atoms with Crippen molar-refractivity contribution in [3.05, 3.63) is 35.9 Å². The first-order valence-electron chi connectivity index (χ1n) is 6.12. The van der Waals surface area contributed by atoms with Crippen molar-refractivity contribution in [3.8, 4) is 0 Å². The van der Waals surface area contributed by atoms with Crippen molar-refractivity contribution < 1.29 is 4.79 Å². The van der Waals surface area contributed by atoms with E-state index in [-0.39, 0.29) is 0 Å². The van der Waals surface area contributed by atoms with Crippen molar-refractivity contribution in [2.24, 2.45) is 0 Å². The zero-order valence-electron chi connectivity index (χ0n) is 9.86. The molecule has 0 amide bonds. The molecule has 1 heterocycles. The van der Waals surface area contributed by atoms with Crippen molar-refractivity contribution in [3.63, 3.8) is 0 Å². The molecular formula is C14H19NO. The lowest BCUT2D eigenvalue weighted by molar-refractivity contribution is -0.122. The van der Waals surface area contributed by atoms with Gasteiger partial charge in [-0.15, -0.1) is 0 Å². The highest BCUT2D eigenvalue weighted by Crippen LogP contribution is 2.26. The minimum Gasteiger partial charge on any atom is -0.300 e. The molecule has 1 aromatic rings. The van der Waals surface area contributed by atoms with E-state index in [4.69, 9.17) is 0 Å². The van der Waals surface area contributed by atoms with E-state index in [1.807, 2.05) is 0 Å². The molecule has 2 heteroatoms. The van der Waals surface area contributed by atoms with Gasteiger partial charge in [-0.3, -0.25) is 9.69 Å². The molecule has 2 nitrogen and oxygen atoms in total. The Morgan fingerprint density at radius 3 is 2.38 bits per heavy atom. The van der Waals surface area contributed by atoms with Gasteiger partial charge in [0.25, 0.3) is 0 Å². The monoisotopic (exact) mass is 217 g/mol. The maximum absolute atomic E-state index is 11.2. The van der Waals surface area contributed by atoms with Crippen molar-refractivity contribution in [1.82, 2.24) is 4.90 Å². The summed E-state index contributed by atoms with van der Waals surface area (Å²) in [6.45, 7) is 4.06. The van der Waals surface area contributed by atoms with Gasteiger partial charge < -0.3 is 0 Å². The lowest BCUT2D eigenvalue weighted by Gasteiger charge is -2.33. The van der Waals surface area contributed by atoms with Gasteiger partial charge in [-0.2, -0.15) is 0 Å². The first-order valence-corrected chi connectivity index (χ1v) is 6.12. The highest BCUT2D eigenvalue weighted by molar-refractivity contribution is 5.79. The second kappa shape index (κ2) is 5.26.